The predicted octanol–water partition coefficient (Wildman–Crippen LogP) is 2.99. The molecule has 3 unspecified atom stereocenters. The summed E-state index contributed by atoms with van der Waals surface area (Å²) in [4.78, 5) is 0. The first kappa shape index (κ1) is 11.2. The Morgan fingerprint density at radius 1 is 1.20 bits per heavy atom. The number of allylic oxidation sites excluding steroid dienone is 1. The zero-order valence-corrected chi connectivity index (χ0v) is 9.65. The minimum absolute atomic E-state index is 0.0202. The van der Waals surface area contributed by atoms with Crippen LogP contribution in [0.2, 0.25) is 0 Å². The Kier molecular flexibility index (Phi) is 3.81. The van der Waals surface area contributed by atoms with Crippen LogP contribution in [-0.4, -0.2) is 20.0 Å². The molecule has 1 aliphatic carbocycles. The summed E-state index contributed by atoms with van der Waals surface area (Å²) >= 11 is 0. The van der Waals surface area contributed by atoms with Crippen LogP contribution in [0.15, 0.2) is 12.7 Å². The number of hydrogen-bond donors (Lipinski definition) is 0. The highest BCUT2D eigenvalue weighted by molar-refractivity contribution is 4.89. The zero-order valence-electron chi connectivity index (χ0n) is 9.65. The van der Waals surface area contributed by atoms with Gasteiger partial charge < -0.3 is 9.47 Å². The molecule has 0 bridgehead atoms. The molecule has 0 radical (unpaired) electrons. The van der Waals surface area contributed by atoms with E-state index in [-0.39, 0.29) is 6.29 Å². The average molecular weight is 210 g/mol. The molecule has 2 rings (SSSR count). The summed E-state index contributed by atoms with van der Waals surface area (Å²) in [6.45, 7) is 4.79. The van der Waals surface area contributed by atoms with Crippen molar-refractivity contribution in [3.8, 4) is 0 Å². The molecule has 1 aliphatic heterocycles. The second-order valence-corrected chi connectivity index (χ2v) is 4.89. The summed E-state index contributed by atoms with van der Waals surface area (Å²) in [5.74, 6) is 2.42. The van der Waals surface area contributed by atoms with Crippen LogP contribution in [0, 0.1) is 17.8 Å². The smallest absolute Gasteiger partial charge is 0.157 e. The average Bonchev–Trinajstić information content (AvgIpc) is 3.02. The topological polar surface area (TPSA) is 18.5 Å². The van der Waals surface area contributed by atoms with E-state index in [1.807, 2.05) is 0 Å². The molecule has 0 aromatic rings. The molecule has 0 aromatic carbocycles. The molecule has 1 heterocycles. The van der Waals surface area contributed by atoms with Gasteiger partial charge in [0.25, 0.3) is 0 Å². The lowest BCUT2D eigenvalue weighted by Gasteiger charge is -2.28. The van der Waals surface area contributed by atoms with Crippen LogP contribution in [0.5, 0.6) is 0 Å². The quantitative estimate of drug-likeness (QED) is 0.667. The SMILES string of the molecule is C=CC1CC(OC)OCCC(C2CC2)C1. The van der Waals surface area contributed by atoms with E-state index in [4.69, 9.17) is 9.47 Å². The maximum atomic E-state index is 5.70. The van der Waals surface area contributed by atoms with Crippen LogP contribution in [0.1, 0.15) is 32.1 Å². The van der Waals surface area contributed by atoms with Gasteiger partial charge in [-0.3, -0.25) is 0 Å². The van der Waals surface area contributed by atoms with Gasteiger partial charge in [-0.25, -0.2) is 0 Å². The Morgan fingerprint density at radius 2 is 2.00 bits per heavy atom. The highest BCUT2D eigenvalue weighted by atomic mass is 16.7. The Labute approximate surface area is 92.6 Å². The van der Waals surface area contributed by atoms with E-state index in [0.29, 0.717) is 5.92 Å². The van der Waals surface area contributed by atoms with Crippen molar-refractivity contribution in [1.29, 1.82) is 0 Å². The number of methoxy groups -OCH3 is 1. The minimum Gasteiger partial charge on any atom is -0.356 e. The largest absolute Gasteiger partial charge is 0.356 e. The second-order valence-electron chi connectivity index (χ2n) is 4.89. The van der Waals surface area contributed by atoms with Gasteiger partial charge in [0.05, 0.1) is 6.61 Å². The van der Waals surface area contributed by atoms with Crippen molar-refractivity contribution in [3.05, 3.63) is 12.7 Å². The molecule has 2 fully saturated rings. The number of ether oxygens (including phenoxy) is 2. The maximum absolute atomic E-state index is 5.70. The summed E-state index contributed by atoms with van der Waals surface area (Å²) in [5.41, 5.74) is 0. The van der Waals surface area contributed by atoms with Crippen LogP contribution in [0.4, 0.5) is 0 Å². The van der Waals surface area contributed by atoms with E-state index < -0.39 is 0 Å². The van der Waals surface area contributed by atoms with E-state index in [2.05, 4.69) is 12.7 Å². The van der Waals surface area contributed by atoms with E-state index >= 15 is 0 Å². The molecule has 0 amide bonds. The lowest BCUT2D eigenvalue weighted by atomic mass is 9.86. The fourth-order valence-corrected chi connectivity index (χ4v) is 2.62. The van der Waals surface area contributed by atoms with Crippen LogP contribution in [0.3, 0.4) is 0 Å². The molecular formula is C13H22O2. The van der Waals surface area contributed by atoms with Crippen LogP contribution in [0.25, 0.3) is 0 Å². The third-order valence-electron chi connectivity index (χ3n) is 3.78. The Hall–Kier alpha value is -0.340. The van der Waals surface area contributed by atoms with Crippen molar-refractivity contribution >= 4 is 0 Å². The van der Waals surface area contributed by atoms with E-state index in [1.54, 1.807) is 7.11 Å². The summed E-state index contributed by atoms with van der Waals surface area (Å²) in [5, 5.41) is 0. The van der Waals surface area contributed by atoms with Crippen molar-refractivity contribution in [2.75, 3.05) is 13.7 Å². The molecule has 2 nitrogen and oxygen atoms in total. The molecule has 1 saturated heterocycles. The summed E-state index contributed by atoms with van der Waals surface area (Å²) in [7, 11) is 1.73. The summed E-state index contributed by atoms with van der Waals surface area (Å²) in [6, 6.07) is 0. The molecule has 0 N–H and O–H groups in total. The fourth-order valence-electron chi connectivity index (χ4n) is 2.62. The van der Waals surface area contributed by atoms with Gasteiger partial charge >= 0.3 is 0 Å². The molecule has 0 spiro atoms. The van der Waals surface area contributed by atoms with Crippen LogP contribution in [-0.2, 0) is 9.47 Å². The highest BCUT2D eigenvalue weighted by Gasteiger charge is 2.33. The van der Waals surface area contributed by atoms with Gasteiger partial charge in [0.1, 0.15) is 0 Å². The third kappa shape index (κ3) is 3.05. The summed E-state index contributed by atoms with van der Waals surface area (Å²) in [6.07, 6.45) is 8.39. The van der Waals surface area contributed by atoms with Crippen molar-refractivity contribution in [1.82, 2.24) is 0 Å². The Morgan fingerprint density at radius 3 is 2.60 bits per heavy atom. The standard InChI is InChI=1S/C13H22O2/c1-3-10-8-12(11-4-5-11)6-7-15-13(9-10)14-2/h3,10-13H,1,4-9H2,2H3. The molecule has 2 aliphatic rings. The molecule has 3 atom stereocenters. The van der Waals surface area contributed by atoms with Crippen molar-refractivity contribution in [2.45, 2.75) is 38.4 Å². The Balaban J connectivity index is 1.91. The highest BCUT2D eigenvalue weighted by Crippen LogP contribution is 2.43. The van der Waals surface area contributed by atoms with Gasteiger partial charge in [0, 0.05) is 13.5 Å². The first-order chi connectivity index (χ1) is 7.33. The molecule has 2 heteroatoms. The Bertz CT molecular complexity index is 211. The van der Waals surface area contributed by atoms with Gasteiger partial charge in [-0.1, -0.05) is 6.08 Å². The normalized spacial score (nSPS) is 38.1. The summed E-state index contributed by atoms with van der Waals surface area (Å²) < 4.78 is 11.0. The van der Waals surface area contributed by atoms with Crippen molar-refractivity contribution < 1.29 is 9.47 Å². The van der Waals surface area contributed by atoms with E-state index in [0.717, 1.165) is 24.9 Å². The molecule has 86 valence electrons. The van der Waals surface area contributed by atoms with Gasteiger partial charge in [-0.15, -0.1) is 6.58 Å². The van der Waals surface area contributed by atoms with Crippen molar-refractivity contribution in [2.24, 2.45) is 17.8 Å². The third-order valence-corrected chi connectivity index (χ3v) is 3.78. The van der Waals surface area contributed by atoms with Gasteiger partial charge in [0.2, 0.25) is 0 Å². The first-order valence-corrected chi connectivity index (χ1v) is 6.10. The molecular weight excluding hydrogens is 188 g/mol. The predicted molar refractivity (Wildman–Crippen MR) is 60.5 cm³/mol. The zero-order chi connectivity index (χ0) is 10.7. The lowest BCUT2D eigenvalue weighted by Crippen LogP contribution is -2.26. The van der Waals surface area contributed by atoms with E-state index in [9.17, 15) is 0 Å². The fraction of sp³-hybridized carbons (Fsp3) is 0.846. The second kappa shape index (κ2) is 5.13. The molecule has 15 heavy (non-hydrogen) atoms. The van der Waals surface area contributed by atoms with Gasteiger partial charge in [0.15, 0.2) is 6.29 Å². The van der Waals surface area contributed by atoms with Crippen LogP contribution >= 0.6 is 0 Å². The van der Waals surface area contributed by atoms with Gasteiger partial charge in [-0.05, 0) is 43.4 Å². The van der Waals surface area contributed by atoms with Crippen molar-refractivity contribution in [3.63, 3.8) is 0 Å². The van der Waals surface area contributed by atoms with E-state index in [1.165, 1.54) is 25.7 Å². The molecule has 1 saturated carbocycles. The monoisotopic (exact) mass is 210 g/mol. The molecule has 0 aromatic heterocycles. The van der Waals surface area contributed by atoms with Crippen LogP contribution < -0.4 is 0 Å². The minimum atomic E-state index is -0.0202. The maximum Gasteiger partial charge on any atom is 0.157 e. The first-order valence-electron chi connectivity index (χ1n) is 6.10. The van der Waals surface area contributed by atoms with Gasteiger partial charge in [-0.2, -0.15) is 0 Å². The lowest BCUT2D eigenvalue weighted by molar-refractivity contribution is -0.142. The number of rotatable bonds is 3. The number of hydrogen-bond acceptors (Lipinski definition) is 2.